The first kappa shape index (κ1) is 18.8. The van der Waals surface area contributed by atoms with Gasteiger partial charge in [0, 0.05) is 56.9 Å². The maximum Gasteiger partial charge on any atom is 0.123 e. The van der Waals surface area contributed by atoms with Crippen LogP contribution in [0.1, 0.15) is 18.4 Å². The number of benzene rings is 1. The Kier molecular flexibility index (Phi) is 5.93. The minimum Gasteiger partial charge on any atom is -0.490 e. The molecule has 7 heteroatoms. The SMILES string of the molecule is CNCCN(C)Cc1c[nH]nc1-c1ccc(O[C@H]2C[C@](N)(OC)C2)cc1. The topological polar surface area (TPSA) is 88.4 Å². The van der Waals surface area contributed by atoms with E-state index in [1.807, 2.05) is 37.5 Å². The third-order valence-corrected chi connectivity index (χ3v) is 4.89. The zero-order valence-electron chi connectivity index (χ0n) is 15.8. The minimum atomic E-state index is -0.520. The molecule has 26 heavy (non-hydrogen) atoms. The van der Waals surface area contributed by atoms with Crippen LogP contribution in [0.3, 0.4) is 0 Å². The van der Waals surface area contributed by atoms with Gasteiger partial charge in [0.05, 0.1) is 5.69 Å². The number of ether oxygens (including phenoxy) is 2. The summed E-state index contributed by atoms with van der Waals surface area (Å²) in [5.41, 5.74) is 8.73. The van der Waals surface area contributed by atoms with Crippen molar-refractivity contribution in [2.75, 3.05) is 34.3 Å². The lowest BCUT2D eigenvalue weighted by molar-refractivity contribution is -0.123. The summed E-state index contributed by atoms with van der Waals surface area (Å²) in [6.07, 6.45) is 3.52. The van der Waals surface area contributed by atoms with Crippen molar-refractivity contribution in [3.05, 3.63) is 36.0 Å². The molecule has 1 aromatic heterocycles. The van der Waals surface area contributed by atoms with Crippen LogP contribution in [0.2, 0.25) is 0 Å². The van der Waals surface area contributed by atoms with Crippen LogP contribution in [0.5, 0.6) is 5.75 Å². The van der Waals surface area contributed by atoms with E-state index in [1.165, 1.54) is 5.56 Å². The van der Waals surface area contributed by atoms with Gasteiger partial charge in [0.1, 0.15) is 17.6 Å². The van der Waals surface area contributed by atoms with Crippen LogP contribution in [0, 0.1) is 0 Å². The molecule has 0 saturated heterocycles. The highest BCUT2D eigenvalue weighted by Crippen LogP contribution is 2.34. The van der Waals surface area contributed by atoms with Gasteiger partial charge in [0.25, 0.3) is 0 Å². The Bertz CT molecular complexity index is 694. The lowest BCUT2D eigenvalue weighted by Crippen LogP contribution is -2.57. The zero-order valence-corrected chi connectivity index (χ0v) is 15.8. The van der Waals surface area contributed by atoms with E-state index >= 15 is 0 Å². The summed E-state index contributed by atoms with van der Waals surface area (Å²) < 4.78 is 11.2. The summed E-state index contributed by atoms with van der Waals surface area (Å²) >= 11 is 0. The standard InChI is InChI=1S/C19H29N5O2/c1-21-8-9-24(2)13-15-12-22-23-18(15)14-4-6-16(7-5-14)26-17-10-19(20,11-17)25-3/h4-7,12,17,21H,8-11,13,20H2,1-3H3,(H,22,23)/t17-,19-. The largest absolute Gasteiger partial charge is 0.490 e. The Morgan fingerprint density at radius 3 is 2.73 bits per heavy atom. The fraction of sp³-hybridized carbons (Fsp3) is 0.526. The Labute approximate surface area is 154 Å². The van der Waals surface area contributed by atoms with Gasteiger partial charge in [0.15, 0.2) is 0 Å². The van der Waals surface area contributed by atoms with Gasteiger partial charge < -0.3 is 25.4 Å². The second-order valence-corrected chi connectivity index (χ2v) is 7.04. The zero-order chi connectivity index (χ0) is 18.6. The number of nitrogens with zero attached hydrogens (tertiary/aromatic N) is 2. The molecule has 142 valence electrons. The molecule has 0 unspecified atom stereocenters. The predicted molar refractivity (Wildman–Crippen MR) is 102 cm³/mol. The summed E-state index contributed by atoms with van der Waals surface area (Å²) in [5, 5.41) is 10.6. The predicted octanol–water partition coefficient (Wildman–Crippen LogP) is 1.57. The highest BCUT2D eigenvalue weighted by molar-refractivity contribution is 5.63. The number of hydrogen-bond donors (Lipinski definition) is 3. The summed E-state index contributed by atoms with van der Waals surface area (Å²) in [6, 6.07) is 8.07. The summed E-state index contributed by atoms with van der Waals surface area (Å²) in [4.78, 5) is 2.27. The van der Waals surface area contributed by atoms with Gasteiger partial charge in [0.2, 0.25) is 0 Å². The lowest BCUT2D eigenvalue weighted by Gasteiger charge is -2.42. The Hall–Kier alpha value is -1.93. The number of H-pyrrole nitrogens is 1. The van der Waals surface area contributed by atoms with Crippen LogP contribution in [0.25, 0.3) is 11.3 Å². The van der Waals surface area contributed by atoms with Crippen LogP contribution >= 0.6 is 0 Å². The van der Waals surface area contributed by atoms with Crippen molar-refractivity contribution in [1.29, 1.82) is 0 Å². The first-order valence-corrected chi connectivity index (χ1v) is 9.00. The van der Waals surface area contributed by atoms with E-state index in [0.29, 0.717) is 12.8 Å². The molecule has 1 heterocycles. The van der Waals surface area contributed by atoms with E-state index in [0.717, 1.165) is 36.6 Å². The van der Waals surface area contributed by atoms with Crippen LogP contribution in [-0.2, 0) is 11.3 Å². The molecule has 4 N–H and O–H groups in total. The van der Waals surface area contributed by atoms with Gasteiger partial charge in [-0.25, -0.2) is 0 Å². The van der Waals surface area contributed by atoms with Crippen LogP contribution in [0.15, 0.2) is 30.5 Å². The molecule has 0 atom stereocenters. The molecule has 0 aliphatic heterocycles. The molecule has 0 radical (unpaired) electrons. The number of nitrogens with one attached hydrogen (secondary N) is 2. The summed E-state index contributed by atoms with van der Waals surface area (Å²) in [7, 11) is 5.72. The second kappa shape index (κ2) is 8.18. The molecule has 1 aromatic carbocycles. The third-order valence-electron chi connectivity index (χ3n) is 4.89. The average Bonchev–Trinajstić information content (AvgIpc) is 3.07. The van der Waals surface area contributed by atoms with Crippen molar-refractivity contribution in [2.45, 2.75) is 31.2 Å². The quantitative estimate of drug-likeness (QED) is 0.589. The van der Waals surface area contributed by atoms with Gasteiger partial charge in [-0.2, -0.15) is 5.10 Å². The maximum atomic E-state index is 6.00. The number of aromatic nitrogens is 2. The Morgan fingerprint density at radius 1 is 1.35 bits per heavy atom. The number of methoxy groups -OCH3 is 1. The van der Waals surface area contributed by atoms with E-state index in [1.54, 1.807) is 7.11 Å². The van der Waals surface area contributed by atoms with E-state index in [9.17, 15) is 0 Å². The molecular weight excluding hydrogens is 330 g/mol. The number of hydrogen-bond acceptors (Lipinski definition) is 6. The van der Waals surface area contributed by atoms with Crippen molar-refractivity contribution in [2.24, 2.45) is 5.73 Å². The summed E-state index contributed by atoms with van der Waals surface area (Å²) in [6.45, 7) is 2.80. The summed E-state index contributed by atoms with van der Waals surface area (Å²) in [5.74, 6) is 0.847. The Balaban J connectivity index is 1.60. The minimum absolute atomic E-state index is 0.118. The van der Waals surface area contributed by atoms with Crippen molar-refractivity contribution in [1.82, 2.24) is 20.4 Å². The van der Waals surface area contributed by atoms with Gasteiger partial charge in [-0.05, 0) is 38.4 Å². The number of rotatable bonds is 9. The number of likely N-dealkylation sites (N-methyl/N-ethyl adjacent to an activating group) is 2. The van der Waals surface area contributed by atoms with Gasteiger partial charge >= 0.3 is 0 Å². The third kappa shape index (κ3) is 4.42. The molecular formula is C19H29N5O2. The molecule has 1 aliphatic carbocycles. The molecule has 0 amide bonds. The molecule has 3 rings (SSSR count). The number of aromatic amines is 1. The van der Waals surface area contributed by atoms with Crippen molar-refractivity contribution in [3.8, 4) is 17.0 Å². The van der Waals surface area contributed by atoms with E-state index in [4.69, 9.17) is 15.2 Å². The van der Waals surface area contributed by atoms with Crippen molar-refractivity contribution in [3.63, 3.8) is 0 Å². The second-order valence-electron chi connectivity index (χ2n) is 7.04. The molecule has 1 aliphatic rings. The van der Waals surface area contributed by atoms with Gasteiger partial charge in [-0.15, -0.1) is 0 Å². The van der Waals surface area contributed by atoms with Gasteiger partial charge in [-0.3, -0.25) is 5.10 Å². The smallest absolute Gasteiger partial charge is 0.123 e. The van der Waals surface area contributed by atoms with Gasteiger partial charge in [-0.1, -0.05) is 0 Å². The van der Waals surface area contributed by atoms with Crippen LogP contribution < -0.4 is 15.8 Å². The normalized spacial score (nSPS) is 22.4. The van der Waals surface area contributed by atoms with Crippen molar-refractivity contribution < 1.29 is 9.47 Å². The first-order chi connectivity index (χ1) is 12.5. The lowest BCUT2D eigenvalue weighted by atomic mass is 9.85. The molecule has 2 aromatic rings. The Morgan fingerprint density at radius 2 is 2.08 bits per heavy atom. The fourth-order valence-corrected chi connectivity index (χ4v) is 3.20. The van der Waals surface area contributed by atoms with E-state index < -0.39 is 5.72 Å². The number of nitrogens with two attached hydrogens (primary N) is 1. The van der Waals surface area contributed by atoms with Crippen LogP contribution in [-0.4, -0.2) is 61.2 Å². The molecule has 1 fully saturated rings. The van der Waals surface area contributed by atoms with E-state index in [2.05, 4.69) is 27.5 Å². The molecule has 7 nitrogen and oxygen atoms in total. The monoisotopic (exact) mass is 359 g/mol. The highest BCUT2D eigenvalue weighted by atomic mass is 16.5. The molecule has 0 spiro atoms. The van der Waals surface area contributed by atoms with E-state index in [-0.39, 0.29) is 6.10 Å². The van der Waals surface area contributed by atoms with Crippen LogP contribution in [0.4, 0.5) is 0 Å². The highest BCUT2D eigenvalue weighted by Gasteiger charge is 2.42. The molecule has 1 saturated carbocycles. The maximum absolute atomic E-state index is 6.00. The fourth-order valence-electron chi connectivity index (χ4n) is 3.20. The van der Waals surface area contributed by atoms with Crippen molar-refractivity contribution >= 4 is 0 Å². The first-order valence-electron chi connectivity index (χ1n) is 9.00. The molecule has 0 bridgehead atoms. The average molecular weight is 359 g/mol.